The summed E-state index contributed by atoms with van der Waals surface area (Å²) in [6.07, 6.45) is 1.80. The van der Waals surface area contributed by atoms with E-state index in [1.54, 1.807) is 26.0 Å². The molecule has 1 aromatic rings. The molecule has 0 saturated carbocycles. The van der Waals surface area contributed by atoms with Crippen molar-refractivity contribution < 1.29 is 12.8 Å². The van der Waals surface area contributed by atoms with Gasteiger partial charge in [0.05, 0.1) is 10.9 Å². The summed E-state index contributed by atoms with van der Waals surface area (Å²) in [5.41, 5.74) is 0.639. The summed E-state index contributed by atoms with van der Waals surface area (Å²) in [7, 11) is -3.28. The van der Waals surface area contributed by atoms with Crippen molar-refractivity contribution in [3.63, 3.8) is 0 Å². The molecule has 1 atom stereocenters. The van der Waals surface area contributed by atoms with Gasteiger partial charge in [-0.1, -0.05) is 6.07 Å². The number of piperidine rings is 1. The second kappa shape index (κ2) is 7.28. The highest BCUT2D eigenvalue weighted by Crippen LogP contribution is 2.27. The maximum absolute atomic E-state index is 13.8. The molecule has 1 heterocycles. The van der Waals surface area contributed by atoms with Gasteiger partial charge in [0.25, 0.3) is 0 Å². The molecule has 1 saturated heterocycles. The fourth-order valence-corrected chi connectivity index (χ4v) is 3.54. The second-order valence-electron chi connectivity index (χ2n) is 6.14. The number of hydrogen-bond acceptors (Lipinski definition) is 4. The van der Waals surface area contributed by atoms with Crippen molar-refractivity contribution in [1.82, 2.24) is 4.72 Å². The van der Waals surface area contributed by atoms with Crippen molar-refractivity contribution in [1.29, 1.82) is 5.26 Å². The zero-order chi connectivity index (χ0) is 17.0. The number of benzene rings is 1. The van der Waals surface area contributed by atoms with Crippen LogP contribution in [0.5, 0.6) is 0 Å². The first kappa shape index (κ1) is 17.7. The predicted octanol–water partition coefficient (Wildman–Crippen LogP) is 2.24. The van der Waals surface area contributed by atoms with E-state index in [2.05, 4.69) is 4.72 Å². The summed E-state index contributed by atoms with van der Waals surface area (Å²) >= 11 is 0. The zero-order valence-electron chi connectivity index (χ0n) is 13.4. The van der Waals surface area contributed by atoms with E-state index in [1.807, 2.05) is 11.0 Å². The van der Waals surface area contributed by atoms with E-state index in [-0.39, 0.29) is 11.5 Å². The van der Waals surface area contributed by atoms with Gasteiger partial charge in [0.2, 0.25) is 10.0 Å². The van der Waals surface area contributed by atoms with Gasteiger partial charge in [0.15, 0.2) is 0 Å². The van der Waals surface area contributed by atoms with Crippen LogP contribution in [0.2, 0.25) is 0 Å². The van der Waals surface area contributed by atoms with Gasteiger partial charge >= 0.3 is 0 Å². The Morgan fingerprint density at radius 1 is 1.48 bits per heavy atom. The number of nitrogens with one attached hydrogen (secondary N) is 1. The molecular weight excluding hydrogens is 317 g/mol. The van der Waals surface area contributed by atoms with Gasteiger partial charge in [-0.3, -0.25) is 0 Å². The summed E-state index contributed by atoms with van der Waals surface area (Å²) < 4.78 is 40.1. The third kappa shape index (κ3) is 4.21. The molecule has 1 N–H and O–H groups in total. The first-order chi connectivity index (χ1) is 10.8. The minimum atomic E-state index is -3.28. The fraction of sp³-hybridized carbons (Fsp3) is 0.562. The van der Waals surface area contributed by atoms with Crippen LogP contribution in [0.25, 0.3) is 0 Å². The molecule has 1 aliphatic rings. The van der Waals surface area contributed by atoms with Crippen molar-refractivity contribution in [2.45, 2.75) is 31.9 Å². The van der Waals surface area contributed by atoms with Crippen LogP contribution in [0, 0.1) is 23.1 Å². The molecule has 2 rings (SSSR count). The number of hydrogen-bond donors (Lipinski definition) is 1. The number of anilines is 1. The molecule has 1 aliphatic heterocycles. The van der Waals surface area contributed by atoms with Gasteiger partial charge in [-0.15, -0.1) is 0 Å². The molecular formula is C16H22FN3O2S. The maximum Gasteiger partial charge on any atom is 0.213 e. The van der Waals surface area contributed by atoms with Gasteiger partial charge in [-0.25, -0.2) is 17.5 Å². The second-order valence-corrected chi connectivity index (χ2v) is 8.46. The zero-order valence-corrected chi connectivity index (χ0v) is 14.2. The smallest absolute Gasteiger partial charge is 0.213 e. The number of nitrogens with zero attached hydrogens (tertiary/aromatic N) is 2. The predicted molar refractivity (Wildman–Crippen MR) is 88.1 cm³/mol. The van der Waals surface area contributed by atoms with Crippen LogP contribution in [0.4, 0.5) is 10.1 Å². The third-order valence-electron chi connectivity index (χ3n) is 4.16. The Morgan fingerprint density at radius 3 is 2.87 bits per heavy atom. The molecule has 1 aromatic carbocycles. The van der Waals surface area contributed by atoms with E-state index >= 15 is 0 Å². The number of nitriles is 1. The van der Waals surface area contributed by atoms with E-state index in [4.69, 9.17) is 5.26 Å². The van der Waals surface area contributed by atoms with Gasteiger partial charge in [-0.05, 0) is 44.7 Å². The van der Waals surface area contributed by atoms with E-state index in [0.717, 1.165) is 19.4 Å². The van der Waals surface area contributed by atoms with Gasteiger partial charge in [0, 0.05) is 19.6 Å². The summed E-state index contributed by atoms with van der Waals surface area (Å²) in [6, 6.07) is 6.53. The minimum Gasteiger partial charge on any atom is -0.370 e. The Morgan fingerprint density at radius 2 is 2.22 bits per heavy atom. The Labute approximate surface area is 137 Å². The van der Waals surface area contributed by atoms with Crippen molar-refractivity contribution in [2.75, 3.05) is 24.5 Å². The molecule has 126 valence electrons. The standard InChI is InChI=1S/C16H22FN3O2S/c1-12(2)23(21,22)19-10-13-5-4-8-20(11-13)16-7-3-6-15(17)14(16)9-18/h3,6-7,12-13,19H,4-5,8,10-11H2,1-2H3/t13-/m0/s1. The highest BCUT2D eigenvalue weighted by Gasteiger charge is 2.25. The fourth-order valence-electron chi connectivity index (χ4n) is 2.74. The highest BCUT2D eigenvalue weighted by molar-refractivity contribution is 7.90. The molecule has 0 aliphatic carbocycles. The number of rotatable bonds is 5. The number of halogens is 1. The van der Waals surface area contributed by atoms with E-state index in [9.17, 15) is 12.8 Å². The Kier molecular flexibility index (Phi) is 5.60. The Hall–Kier alpha value is -1.65. The molecule has 23 heavy (non-hydrogen) atoms. The average Bonchev–Trinajstić information content (AvgIpc) is 2.53. The SMILES string of the molecule is CC(C)S(=O)(=O)NC[C@@H]1CCCN(c2cccc(F)c2C#N)C1. The van der Waals surface area contributed by atoms with Crippen molar-refractivity contribution in [3.05, 3.63) is 29.6 Å². The van der Waals surface area contributed by atoms with Crippen LogP contribution < -0.4 is 9.62 Å². The summed E-state index contributed by atoms with van der Waals surface area (Å²) in [5.74, 6) is -0.375. The van der Waals surface area contributed by atoms with Crippen molar-refractivity contribution in [2.24, 2.45) is 5.92 Å². The first-order valence-corrected chi connectivity index (χ1v) is 9.32. The van der Waals surface area contributed by atoms with Crippen LogP contribution in [0.1, 0.15) is 32.3 Å². The normalized spacial score (nSPS) is 18.9. The minimum absolute atomic E-state index is 0.0518. The van der Waals surface area contributed by atoms with E-state index in [0.29, 0.717) is 18.8 Å². The topological polar surface area (TPSA) is 73.2 Å². The maximum atomic E-state index is 13.8. The first-order valence-electron chi connectivity index (χ1n) is 7.77. The number of sulfonamides is 1. The summed E-state index contributed by atoms with van der Waals surface area (Å²) in [5, 5.41) is 8.70. The van der Waals surface area contributed by atoms with Crippen LogP contribution in [-0.2, 0) is 10.0 Å². The van der Waals surface area contributed by atoms with Gasteiger partial charge in [0.1, 0.15) is 17.4 Å². The Bertz CT molecular complexity index is 698. The molecule has 0 radical (unpaired) electrons. The third-order valence-corrected chi connectivity index (χ3v) is 5.97. The summed E-state index contributed by atoms with van der Waals surface area (Å²) in [6.45, 7) is 5.00. The summed E-state index contributed by atoms with van der Waals surface area (Å²) in [4.78, 5) is 1.97. The molecule has 0 amide bonds. The highest BCUT2D eigenvalue weighted by atomic mass is 32.2. The Balaban J connectivity index is 2.08. The van der Waals surface area contributed by atoms with Gasteiger partial charge < -0.3 is 4.90 Å². The van der Waals surface area contributed by atoms with Crippen LogP contribution in [-0.4, -0.2) is 33.3 Å². The lowest BCUT2D eigenvalue weighted by atomic mass is 9.97. The lowest BCUT2D eigenvalue weighted by Crippen LogP contribution is -2.42. The van der Waals surface area contributed by atoms with Crippen molar-refractivity contribution in [3.8, 4) is 6.07 Å². The van der Waals surface area contributed by atoms with Crippen LogP contribution in [0.3, 0.4) is 0 Å². The molecule has 0 spiro atoms. The molecule has 1 fully saturated rings. The molecule has 0 unspecified atom stereocenters. The largest absolute Gasteiger partial charge is 0.370 e. The van der Waals surface area contributed by atoms with Gasteiger partial charge in [-0.2, -0.15) is 5.26 Å². The molecule has 0 bridgehead atoms. The molecule has 0 aromatic heterocycles. The molecule has 7 heteroatoms. The average molecular weight is 339 g/mol. The lowest BCUT2D eigenvalue weighted by molar-refractivity contribution is 0.410. The lowest BCUT2D eigenvalue weighted by Gasteiger charge is -2.35. The quantitative estimate of drug-likeness (QED) is 0.893. The van der Waals surface area contributed by atoms with Crippen LogP contribution in [0.15, 0.2) is 18.2 Å². The van der Waals surface area contributed by atoms with Crippen LogP contribution >= 0.6 is 0 Å². The van der Waals surface area contributed by atoms with Crippen molar-refractivity contribution >= 4 is 15.7 Å². The monoisotopic (exact) mass is 339 g/mol. The van der Waals surface area contributed by atoms with E-state index in [1.165, 1.54) is 6.07 Å². The van der Waals surface area contributed by atoms with E-state index < -0.39 is 21.1 Å². The molecule has 5 nitrogen and oxygen atoms in total.